The second kappa shape index (κ2) is 7.40. The van der Waals surface area contributed by atoms with Crippen molar-refractivity contribution in [2.45, 2.75) is 13.0 Å². The Labute approximate surface area is 123 Å². The molecular weight excluding hydrogens is 268 g/mol. The molecule has 0 radical (unpaired) electrons. The molecule has 2 aromatic rings. The zero-order chi connectivity index (χ0) is 15.1. The van der Waals surface area contributed by atoms with Crippen LogP contribution in [0.25, 0.3) is 0 Å². The summed E-state index contributed by atoms with van der Waals surface area (Å²) in [7, 11) is 0. The number of carbonyl (C=O) groups is 1. The van der Waals surface area contributed by atoms with E-state index in [-0.39, 0.29) is 11.6 Å². The summed E-state index contributed by atoms with van der Waals surface area (Å²) < 4.78 is 5.56. The van der Waals surface area contributed by atoms with Crippen molar-refractivity contribution in [2.24, 2.45) is 0 Å². The summed E-state index contributed by atoms with van der Waals surface area (Å²) >= 11 is 0. The maximum Gasteiger partial charge on any atom is 0.335 e. The van der Waals surface area contributed by atoms with Gasteiger partial charge in [0.1, 0.15) is 12.4 Å². The van der Waals surface area contributed by atoms with Gasteiger partial charge in [-0.25, -0.2) is 4.79 Å². The van der Waals surface area contributed by atoms with Crippen LogP contribution < -0.4 is 10.1 Å². The predicted octanol–water partition coefficient (Wildman–Crippen LogP) is 2.51. The Bertz CT molecular complexity index is 570. The van der Waals surface area contributed by atoms with Crippen molar-refractivity contribution in [3.63, 3.8) is 0 Å². The highest BCUT2D eigenvalue weighted by atomic mass is 16.5. The lowest BCUT2D eigenvalue weighted by Crippen LogP contribution is -2.24. The molecule has 1 aromatic carbocycles. The largest absolute Gasteiger partial charge is 0.492 e. The van der Waals surface area contributed by atoms with E-state index in [9.17, 15) is 4.79 Å². The first-order valence-corrected chi connectivity index (χ1v) is 6.76. The SMILES string of the molecule is C[C@@H](NCCOc1ccc(C(=O)O)cc1)c1cccnc1. The van der Waals surface area contributed by atoms with Crippen molar-refractivity contribution in [3.05, 3.63) is 59.9 Å². The van der Waals surface area contributed by atoms with Crippen LogP contribution in [0.3, 0.4) is 0 Å². The molecule has 1 heterocycles. The number of aromatic nitrogens is 1. The Morgan fingerprint density at radius 2 is 2.10 bits per heavy atom. The monoisotopic (exact) mass is 286 g/mol. The summed E-state index contributed by atoms with van der Waals surface area (Å²) in [6.07, 6.45) is 3.59. The lowest BCUT2D eigenvalue weighted by atomic mass is 10.1. The van der Waals surface area contributed by atoms with Crippen molar-refractivity contribution in [1.29, 1.82) is 0 Å². The lowest BCUT2D eigenvalue weighted by Gasteiger charge is -2.14. The van der Waals surface area contributed by atoms with E-state index < -0.39 is 5.97 Å². The molecule has 21 heavy (non-hydrogen) atoms. The third-order valence-corrected chi connectivity index (χ3v) is 3.11. The number of pyridine rings is 1. The van der Waals surface area contributed by atoms with Gasteiger partial charge in [0.25, 0.3) is 0 Å². The highest BCUT2D eigenvalue weighted by molar-refractivity contribution is 5.87. The molecule has 0 saturated heterocycles. The van der Waals surface area contributed by atoms with E-state index in [2.05, 4.69) is 17.2 Å². The van der Waals surface area contributed by atoms with Gasteiger partial charge in [0.2, 0.25) is 0 Å². The second-order valence-electron chi connectivity index (χ2n) is 4.64. The first-order chi connectivity index (χ1) is 10.2. The Balaban J connectivity index is 1.73. The van der Waals surface area contributed by atoms with Gasteiger partial charge < -0.3 is 15.2 Å². The number of carboxylic acids is 1. The minimum absolute atomic E-state index is 0.205. The molecule has 2 rings (SSSR count). The van der Waals surface area contributed by atoms with E-state index in [1.807, 2.05) is 18.3 Å². The highest BCUT2D eigenvalue weighted by Crippen LogP contribution is 2.12. The van der Waals surface area contributed by atoms with E-state index in [1.54, 1.807) is 18.3 Å². The molecular formula is C16H18N2O3. The first-order valence-electron chi connectivity index (χ1n) is 6.76. The number of rotatable bonds is 7. The maximum atomic E-state index is 10.7. The summed E-state index contributed by atoms with van der Waals surface area (Å²) in [6.45, 7) is 3.27. The van der Waals surface area contributed by atoms with Crippen molar-refractivity contribution in [2.75, 3.05) is 13.2 Å². The summed E-state index contributed by atoms with van der Waals surface area (Å²) in [5.74, 6) is -0.274. The molecule has 0 unspecified atom stereocenters. The van der Waals surface area contributed by atoms with Gasteiger partial charge in [-0.05, 0) is 42.8 Å². The van der Waals surface area contributed by atoms with E-state index in [0.717, 1.165) is 5.56 Å². The van der Waals surface area contributed by atoms with Gasteiger partial charge in [0.05, 0.1) is 5.56 Å². The van der Waals surface area contributed by atoms with Gasteiger partial charge in [-0.2, -0.15) is 0 Å². The van der Waals surface area contributed by atoms with Gasteiger partial charge in [0, 0.05) is 25.0 Å². The van der Waals surface area contributed by atoms with E-state index in [1.165, 1.54) is 12.1 Å². The first kappa shape index (κ1) is 15.0. The van der Waals surface area contributed by atoms with Crippen LogP contribution >= 0.6 is 0 Å². The van der Waals surface area contributed by atoms with Crippen molar-refractivity contribution >= 4 is 5.97 Å². The number of ether oxygens (including phenoxy) is 1. The standard InChI is InChI=1S/C16H18N2O3/c1-12(14-3-2-8-17-11-14)18-9-10-21-15-6-4-13(5-7-15)16(19)20/h2-8,11-12,18H,9-10H2,1H3,(H,19,20)/t12-/m1/s1. The maximum absolute atomic E-state index is 10.7. The summed E-state index contributed by atoms with van der Waals surface area (Å²) in [4.78, 5) is 14.8. The molecule has 0 saturated carbocycles. The second-order valence-corrected chi connectivity index (χ2v) is 4.64. The van der Waals surface area contributed by atoms with Gasteiger partial charge in [-0.15, -0.1) is 0 Å². The summed E-state index contributed by atoms with van der Waals surface area (Å²) in [5.41, 5.74) is 1.38. The van der Waals surface area contributed by atoms with Crippen LogP contribution in [0.2, 0.25) is 0 Å². The van der Waals surface area contributed by atoms with Crippen molar-refractivity contribution in [1.82, 2.24) is 10.3 Å². The Kier molecular flexibility index (Phi) is 5.29. The van der Waals surface area contributed by atoms with E-state index in [0.29, 0.717) is 18.9 Å². The zero-order valence-corrected chi connectivity index (χ0v) is 11.8. The van der Waals surface area contributed by atoms with Crippen LogP contribution in [-0.4, -0.2) is 29.2 Å². The molecule has 0 aliphatic carbocycles. The molecule has 0 aliphatic rings. The van der Waals surface area contributed by atoms with Crippen molar-refractivity contribution in [3.8, 4) is 5.75 Å². The molecule has 0 amide bonds. The smallest absolute Gasteiger partial charge is 0.335 e. The molecule has 0 aliphatic heterocycles. The Hall–Kier alpha value is -2.40. The number of nitrogens with one attached hydrogen (secondary N) is 1. The molecule has 5 nitrogen and oxygen atoms in total. The molecule has 1 atom stereocenters. The molecule has 0 bridgehead atoms. The fourth-order valence-corrected chi connectivity index (χ4v) is 1.89. The number of nitrogens with zero attached hydrogens (tertiary/aromatic N) is 1. The van der Waals surface area contributed by atoms with Gasteiger partial charge in [0.15, 0.2) is 0 Å². The third-order valence-electron chi connectivity index (χ3n) is 3.11. The summed E-state index contributed by atoms with van der Waals surface area (Å²) in [6, 6.07) is 10.5. The quantitative estimate of drug-likeness (QED) is 0.765. The van der Waals surface area contributed by atoms with Crippen LogP contribution in [0, 0.1) is 0 Å². The third kappa shape index (κ3) is 4.57. The number of aromatic carboxylic acids is 1. The number of hydrogen-bond donors (Lipinski definition) is 2. The van der Waals surface area contributed by atoms with Crippen LogP contribution in [0.4, 0.5) is 0 Å². The minimum atomic E-state index is -0.937. The van der Waals surface area contributed by atoms with Gasteiger partial charge in [-0.1, -0.05) is 6.07 Å². The van der Waals surface area contributed by atoms with Crippen LogP contribution in [-0.2, 0) is 0 Å². The molecule has 0 fully saturated rings. The minimum Gasteiger partial charge on any atom is -0.492 e. The Morgan fingerprint density at radius 1 is 1.33 bits per heavy atom. The lowest BCUT2D eigenvalue weighted by molar-refractivity contribution is 0.0697. The fraction of sp³-hybridized carbons (Fsp3) is 0.250. The number of hydrogen-bond acceptors (Lipinski definition) is 4. The Morgan fingerprint density at radius 3 is 2.71 bits per heavy atom. The summed E-state index contributed by atoms with van der Waals surface area (Å²) in [5, 5.41) is 12.1. The molecule has 0 spiro atoms. The fourth-order valence-electron chi connectivity index (χ4n) is 1.89. The van der Waals surface area contributed by atoms with E-state index >= 15 is 0 Å². The highest BCUT2D eigenvalue weighted by Gasteiger charge is 2.04. The zero-order valence-electron chi connectivity index (χ0n) is 11.8. The average Bonchev–Trinajstić information content (AvgIpc) is 2.52. The van der Waals surface area contributed by atoms with Crippen LogP contribution in [0.5, 0.6) is 5.75 Å². The van der Waals surface area contributed by atoms with Crippen molar-refractivity contribution < 1.29 is 14.6 Å². The van der Waals surface area contributed by atoms with E-state index in [4.69, 9.17) is 9.84 Å². The molecule has 110 valence electrons. The van der Waals surface area contributed by atoms with Gasteiger partial charge in [-0.3, -0.25) is 4.98 Å². The average molecular weight is 286 g/mol. The number of benzene rings is 1. The normalized spacial score (nSPS) is 11.9. The molecule has 5 heteroatoms. The topological polar surface area (TPSA) is 71.5 Å². The van der Waals surface area contributed by atoms with Crippen LogP contribution in [0.1, 0.15) is 28.9 Å². The molecule has 2 N–H and O–H groups in total. The van der Waals surface area contributed by atoms with Crippen LogP contribution in [0.15, 0.2) is 48.8 Å². The predicted molar refractivity (Wildman–Crippen MR) is 79.6 cm³/mol. The molecule has 1 aromatic heterocycles. The number of carboxylic acid groups (broad SMARTS) is 1. The van der Waals surface area contributed by atoms with Gasteiger partial charge >= 0.3 is 5.97 Å².